The lowest BCUT2D eigenvalue weighted by molar-refractivity contribution is 0.245. The van der Waals surface area contributed by atoms with Crippen molar-refractivity contribution in [2.75, 3.05) is 0 Å². The van der Waals surface area contributed by atoms with Gasteiger partial charge in [-0.25, -0.2) is 23.5 Å². The van der Waals surface area contributed by atoms with Crippen LogP contribution in [-0.4, -0.2) is 13.9 Å². The summed E-state index contributed by atoms with van der Waals surface area (Å²) in [7, 11) is 1.73. The van der Waals surface area contributed by atoms with Crippen molar-refractivity contribution in [3.63, 3.8) is 0 Å². The molecule has 0 unspecified atom stereocenters. The van der Waals surface area contributed by atoms with E-state index in [4.69, 9.17) is 0 Å². The molecule has 27 heavy (non-hydrogen) atoms. The average molecular weight is 359 g/mol. The van der Waals surface area contributed by atoms with Crippen molar-refractivity contribution >= 4 is 0 Å². The molecule has 3 aromatic rings. The van der Waals surface area contributed by atoms with E-state index in [-0.39, 0.29) is 22.8 Å². The Labute approximate surface area is 156 Å². The first-order chi connectivity index (χ1) is 13.1. The van der Waals surface area contributed by atoms with Crippen LogP contribution in [0.5, 0.6) is 0 Å². The standard InChI is InChI=1S/C22H21N3O2/c1-23-20(26)24(14-7-3-2-4-8-14)21(27)25(23)19-17-13-18(22(19)11-12-22)16-10-6-5-9-15(16)17/h2-10,17-19H,11-13H2,1H3/t17-,18-,19+/m0/s1. The van der Waals surface area contributed by atoms with Gasteiger partial charge in [-0.05, 0) is 48.4 Å². The third kappa shape index (κ3) is 1.75. The number of hydrogen-bond donors (Lipinski definition) is 0. The fourth-order valence-electron chi connectivity index (χ4n) is 5.98. The van der Waals surface area contributed by atoms with Gasteiger partial charge in [-0.15, -0.1) is 0 Å². The zero-order valence-electron chi connectivity index (χ0n) is 15.2. The highest BCUT2D eigenvalue weighted by Crippen LogP contribution is 2.76. The van der Waals surface area contributed by atoms with Crippen molar-refractivity contribution in [1.82, 2.24) is 13.9 Å². The Bertz CT molecular complexity index is 1180. The second kappa shape index (κ2) is 4.91. The molecule has 1 spiro atoms. The van der Waals surface area contributed by atoms with Crippen LogP contribution in [0.3, 0.4) is 0 Å². The SMILES string of the molecule is Cn1c(=O)n(-c2ccccc2)c(=O)n1[C@@H]1[C@H]2C[C@@H](c3ccccc32)C12CC2. The highest BCUT2D eigenvalue weighted by Gasteiger charge is 2.67. The predicted molar refractivity (Wildman–Crippen MR) is 103 cm³/mol. The normalized spacial score (nSPS) is 26.5. The molecule has 1 aromatic heterocycles. The van der Waals surface area contributed by atoms with E-state index in [0.717, 1.165) is 19.3 Å². The maximum absolute atomic E-state index is 13.4. The van der Waals surface area contributed by atoms with E-state index in [1.54, 1.807) is 16.4 Å². The second-order valence-electron chi connectivity index (χ2n) is 8.31. The van der Waals surface area contributed by atoms with E-state index < -0.39 is 0 Å². The first kappa shape index (κ1) is 15.3. The molecular weight excluding hydrogens is 338 g/mol. The van der Waals surface area contributed by atoms with E-state index >= 15 is 0 Å². The fraction of sp³-hybridized carbons (Fsp3) is 0.364. The maximum atomic E-state index is 13.4. The van der Waals surface area contributed by atoms with Crippen LogP contribution in [0.2, 0.25) is 0 Å². The first-order valence-corrected chi connectivity index (χ1v) is 9.68. The number of benzene rings is 2. The summed E-state index contributed by atoms with van der Waals surface area (Å²) in [6.45, 7) is 0. The highest BCUT2D eigenvalue weighted by molar-refractivity contribution is 5.47. The topological polar surface area (TPSA) is 48.9 Å². The van der Waals surface area contributed by atoms with Crippen LogP contribution in [-0.2, 0) is 7.05 Å². The largest absolute Gasteiger partial charge is 0.352 e. The van der Waals surface area contributed by atoms with Crippen molar-refractivity contribution < 1.29 is 0 Å². The van der Waals surface area contributed by atoms with Gasteiger partial charge in [-0.1, -0.05) is 42.5 Å². The minimum absolute atomic E-state index is 0.0764. The Morgan fingerprint density at radius 3 is 2.26 bits per heavy atom. The molecule has 136 valence electrons. The summed E-state index contributed by atoms with van der Waals surface area (Å²) in [5.41, 5.74) is 3.15. The molecule has 0 N–H and O–H groups in total. The van der Waals surface area contributed by atoms with E-state index in [1.807, 2.05) is 30.3 Å². The number of fused-ring (bicyclic) bond motifs is 6. The van der Waals surface area contributed by atoms with Crippen molar-refractivity contribution in [3.05, 3.63) is 86.7 Å². The molecule has 5 nitrogen and oxygen atoms in total. The summed E-state index contributed by atoms with van der Waals surface area (Å²) in [4.78, 5) is 26.4. The molecule has 2 bridgehead atoms. The van der Waals surface area contributed by atoms with Crippen LogP contribution in [0.25, 0.3) is 5.69 Å². The van der Waals surface area contributed by atoms with E-state index in [0.29, 0.717) is 17.5 Å². The molecule has 0 saturated heterocycles. The van der Waals surface area contributed by atoms with Crippen LogP contribution in [0.15, 0.2) is 64.2 Å². The highest BCUT2D eigenvalue weighted by atomic mass is 16.2. The monoisotopic (exact) mass is 359 g/mol. The van der Waals surface area contributed by atoms with Crippen LogP contribution < -0.4 is 11.4 Å². The Kier molecular flexibility index (Phi) is 2.78. The Morgan fingerprint density at radius 1 is 0.889 bits per heavy atom. The molecule has 2 aromatic carbocycles. The summed E-state index contributed by atoms with van der Waals surface area (Å²) in [6.07, 6.45) is 3.38. The minimum atomic E-state index is -0.266. The summed E-state index contributed by atoms with van der Waals surface area (Å²) < 4.78 is 4.63. The molecular formula is C22H21N3O2. The van der Waals surface area contributed by atoms with Crippen molar-refractivity contribution in [2.45, 2.75) is 37.1 Å². The Balaban J connectivity index is 1.58. The van der Waals surface area contributed by atoms with Crippen molar-refractivity contribution in [3.8, 4) is 5.69 Å². The van der Waals surface area contributed by atoms with E-state index in [2.05, 4.69) is 24.3 Å². The van der Waals surface area contributed by atoms with Crippen LogP contribution in [0.4, 0.5) is 0 Å². The average Bonchev–Trinajstić information content (AvgIpc) is 3.22. The lowest BCUT2D eigenvalue weighted by atomic mass is 9.77. The van der Waals surface area contributed by atoms with Crippen LogP contribution in [0.1, 0.15) is 48.3 Å². The minimum Gasteiger partial charge on any atom is -0.246 e. The van der Waals surface area contributed by atoms with E-state index in [1.165, 1.54) is 15.7 Å². The molecule has 3 aliphatic rings. The zero-order chi connectivity index (χ0) is 18.3. The van der Waals surface area contributed by atoms with Gasteiger partial charge in [0.05, 0.1) is 11.7 Å². The number of aromatic nitrogens is 3. The van der Waals surface area contributed by atoms with Gasteiger partial charge >= 0.3 is 11.4 Å². The molecule has 2 fully saturated rings. The Hall–Kier alpha value is -2.82. The molecule has 1 heterocycles. The van der Waals surface area contributed by atoms with Crippen LogP contribution in [0, 0.1) is 5.41 Å². The number of hydrogen-bond acceptors (Lipinski definition) is 2. The Morgan fingerprint density at radius 2 is 1.56 bits per heavy atom. The quantitative estimate of drug-likeness (QED) is 0.706. The molecule has 6 rings (SSSR count). The molecule has 3 atom stereocenters. The molecule has 0 amide bonds. The summed E-state index contributed by atoms with van der Waals surface area (Å²) in [5.74, 6) is 0.842. The molecule has 0 aliphatic heterocycles. The third-order valence-corrected chi connectivity index (χ3v) is 7.21. The number of nitrogens with zero attached hydrogens (tertiary/aromatic N) is 3. The van der Waals surface area contributed by atoms with Gasteiger partial charge in [-0.3, -0.25) is 0 Å². The van der Waals surface area contributed by atoms with Gasteiger partial charge < -0.3 is 0 Å². The second-order valence-corrected chi connectivity index (χ2v) is 8.31. The zero-order valence-corrected chi connectivity index (χ0v) is 15.2. The third-order valence-electron chi connectivity index (χ3n) is 7.21. The lowest BCUT2D eigenvalue weighted by Gasteiger charge is -2.33. The number of rotatable bonds is 2. The van der Waals surface area contributed by atoms with Crippen molar-refractivity contribution in [1.29, 1.82) is 0 Å². The van der Waals surface area contributed by atoms with Gasteiger partial charge in [-0.2, -0.15) is 0 Å². The summed E-state index contributed by atoms with van der Waals surface area (Å²) in [5, 5.41) is 0. The first-order valence-electron chi connectivity index (χ1n) is 9.68. The molecule has 0 radical (unpaired) electrons. The van der Waals surface area contributed by atoms with Gasteiger partial charge in [0, 0.05) is 18.4 Å². The van der Waals surface area contributed by atoms with Crippen LogP contribution >= 0.6 is 0 Å². The molecule has 5 heteroatoms. The van der Waals surface area contributed by atoms with Crippen molar-refractivity contribution in [2.24, 2.45) is 12.5 Å². The van der Waals surface area contributed by atoms with E-state index in [9.17, 15) is 9.59 Å². The fourth-order valence-corrected chi connectivity index (χ4v) is 5.98. The predicted octanol–water partition coefficient (Wildman–Crippen LogP) is 2.94. The lowest BCUT2D eigenvalue weighted by Crippen LogP contribution is -2.37. The van der Waals surface area contributed by atoms with Gasteiger partial charge in [0.25, 0.3) is 0 Å². The van der Waals surface area contributed by atoms with Gasteiger partial charge in [0.15, 0.2) is 0 Å². The summed E-state index contributed by atoms with van der Waals surface area (Å²) in [6, 6.07) is 18.0. The maximum Gasteiger partial charge on any atom is 0.352 e. The number of para-hydroxylation sites is 1. The summed E-state index contributed by atoms with van der Waals surface area (Å²) >= 11 is 0. The molecule has 3 aliphatic carbocycles. The van der Waals surface area contributed by atoms with Gasteiger partial charge in [0.2, 0.25) is 0 Å². The molecule has 2 saturated carbocycles. The van der Waals surface area contributed by atoms with Gasteiger partial charge in [0.1, 0.15) is 0 Å². The smallest absolute Gasteiger partial charge is 0.246 e.